The lowest BCUT2D eigenvalue weighted by Gasteiger charge is -2.14. The molecule has 0 radical (unpaired) electrons. The van der Waals surface area contributed by atoms with E-state index in [0.717, 1.165) is 40.0 Å². The Balaban J connectivity index is 0.000000207. The lowest BCUT2D eigenvalue weighted by Crippen LogP contribution is -2.22. The number of nitrogens with zero attached hydrogens (tertiary/aromatic N) is 6. The lowest BCUT2D eigenvalue weighted by atomic mass is 10.0. The Bertz CT molecular complexity index is 2050. The third kappa shape index (κ3) is 6.05. The third-order valence-corrected chi connectivity index (χ3v) is 7.38. The van der Waals surface area contributed by atoms with Gasteiger partial charge in [-0.15, -0.1) is 11.3 Å². The van der Waals surface area contributed by atoms with E-state index in [1.165, 1.54) is 17.5 Å². The predicted molar refractivity (Wildman–Crippen MR) is 169 cm³/mol. The van der Waals surface area contributed by atoms with E-state index in [4.69, 9.17) is 11.5 Å². The molecule has 4 N–H and O–H groups in total. The number of benzene rings is 2. The van der Waals surface area contributed by atoms with Crippen LogP contribution in [0.3, 0.4) is 0 Å². The summed E-state index contributed by atoms with van der Waals surface area (Å²) >= 11 is 1.43. The maximum absolute atomic E-state index is 13.5. The van der Waals surface area contributed by atoms with Crippen LogP contribution >= 0.6 is 11.3 Å². The number of rotatable bonds is 4. The van der Waals surface area contributed by atoms with Crippen LogP contribution in [0, 0.1) is 18.8 Å². The Kier molecular flexibility index (Phi) is 8.41. The predicted octanol–water partition coefficient (Wildman–Crippen LogP) is 4.28. The Hall–Kier alpha value is -5.60. The molecule has 6 aromatic rings. The quantitative estimate of drug-likeness (QED) is 0.292. The molecule has 43 heavy (non-hydrogen) atoms. The van der Waals surface area contributed by atoms with Gasteiger partial charge in [-0.1, -0.05) is 49.1 Å². The molecule has 6 rings (SSSR count). The molecule has 0 saturated heterocycles. The number of primary amides is 1. The summed E-state index contributed by atoms with van der Waals surface area (Å²) in [4.78, 5) is 36.3. The molecule has 0 aliphatic carbocycles. The highest BCUT2D eigenvalue weighted by Crippen LogP contribution is 2.20. The highest BCUT2D eigenvalue weighted by molar-refractivity contribution is 7.07. The van der Waals surface area contributed by atoms with E-state index < -0.39 is 5.91 Å². The van der Waals surface area contributed by atoms with Crippen molar-refractivity contribution < 1.29 is 4.79 Å². The van der Waals surface area contributed by atoms with Crippen LogP contribution in [-0.4, -0.2) is 35.2 Å². The fourth-order valence-corrected chi connectivity index (χ4v) is 4.98. The van der Waals surface area contributed by atoms with Crippen LogP contribution in [0.25, 0.3) is 27.8 Å². The number of nitrogens with two attached hydrogens (primary N) is 2. The van der Waals surface area contributed by atoms with Crippen molar-refractivity contribution in [2.24, 2.45) is 12.8 Å². The van der Waals surface area contributed by atoms with Gasteiger partial charge in [-0.05, 0) is 43.0 Å². The number of carbonyl (C=O) groups excluding carboxylic acids is 1. The van der Waals surface area contributed by atoms with Crippen molar-refractivity contribution in [1.29, 1.82) is 0 Å². The first-order chi connectivity index (χ1) is 20.8. The van der Waals surface area contributed by atoms with Crippen molar-refractivity contribution in [3.05, 3.63) is 116 Å². The van der Waals surface area contributed by atoms with Crippen molar-refractivity contribution in [3.8, 4) is 28.9 Å². The molecule has 0 fully saturated rings. The standard InChI is InChI=1S/C24H21N3O.C8H7N5OS/c1-4-21-15-19-10-8-9-18(13-14-20-16-25-26(3)17(20)2)23(19)24(28)27(21)22-11-6-5-7-12-22;9-7-6(8(10)14)13-4(1-11-7)5-2-15-3-12-5/h5-12,15-16H,4H2,1-3H3;1-3H,(H2,9,11)(H2,10,14). The van der Waals surface area contributed by atoms with Crippen LogP contribution in [0.4, 0.5) is 5.82 Å². The number of carbonyl (C=O) groups is 1. The van der Waals surface area contributed by atoms with E-state index in [0.29, 0.717) is 16.8 Å². The topological polar surface area (TPSA) is 148 Å². The largest absolute Gasteiger partial charge is 0.382 e. The molecule has 0 aliphatic rings. The normalized spacial score (nSPS) is 10.5. The number of fused-ring (bicyclic) bond motifs is 1. The zero-order valence-corrected chi connectivity index (χ0v) is 24.6. The minimum atomic E-state index is -0.697. The Morgan fingerprint density at radius 2 is 1.77 bits per heavy atom. The van der Waals surface area contributed by atoms with Gasteiger partial charge >= 0.3 is 0 Å². The molecule has 0 saturated carbocycles. The van der Waals surface area contributed by atoms with E-state index in [1.54, 1.807) is 26.3 Å². The van der Waals surface area contributed by atoms with Crippen molar-refractivity contribution in [2.75, 3.05) is 5.73 Å². The Labute approximate surface area is 251 Å². The summed E-state index contributed by atoms with van der Waals surface area (Å²) in [5.41, 5.74) is 17.7. The van der Waals surface area contributed by atoms with Crippen molar-refractivity contribution in [1.82, 2.24) is 29.3 Å². The van der Waals surface area contributed by atoms with Gasteiger partial charge in [-0.2, -0.15) is 5.10 Å². The van der Waals surface area contributed by atoms with Gasteiger partial charge in [0.25, 0.3) is 11.5 Å². The molecule has 10 nitrogen and oxygen atoms in total. The van der Waals surface area contributed by atoms with Crippen LogP contribution in [-0.2, 0) is 13.5 Å². The van der Waals surface area contributed by atoms with E-state index in [9.17, 15) is 9.59 Å². The van der Waals surface area contributed by atoms with Crippen LogP contribution in [0.15, 0.2) is 82.7 Å². The number of aryl methyl sites for hydroxylation is 2. The fourth-order valence-electron chi connectivity index (χ4n) is 4.44. The van der Waals surface area contributed by atoms with E-state index in [-0.39, 0.29) is 17.1 Å². The summed E-state index contributed by atoms with van der Waals surface area (Å²) in [5, 5.41) is 7.60. The zero-order chi connectivity index (χ0) is 30.5. The van der Waals surface area contributed by atoms with E-state index in [2.05, 4.69) is 44.9 Å². The summed E-state index contributed by atoms with van der Waals surface area (Å²) in [7, 11) is 1.89. The first-order valence-electron chi connectivity index (χ1n) is 13.3. The average molecular weight is 589 g/mol. The van der Waals surface area contributed by atoms with Crippen LogP contribution in [0.1, 0.15) is 39.9 Å². The second kappa shape index (κ2) is 12.5. The minimum Gasteiger partial charge on any atom is -0.382 e. The number of pyridine rings is 1. The first kappa shape index (κ1) is 28.9. The van der Waals surface area contributed by atoms with Gasteiger partial charge in [0.15, 0.2) is 11.5 Å². The highest BCUT2D eigenvalue weighted by atomic mass is 32.1. The van der Waals surface area contributed by atoms with Crippen molar-refractivity contribution in [2.45, 2.75) is 20.3 Å². The summed E-state index contributed by atoms with van der Waals surface area (Å²) < 4.78 is 3.59. The molecule has 4 heterocycles. The molecule has 11 heteroatoms. The third-order valence-electron chi connectivity index (χ3n) is 6.80. The molecule has 0 bridgehead atoms. The summed E-state index contributed by atoms with van der Waals surface area (Å²) in [6, 6.07) is 17.7. The molecule has 2 aromatic carbocycles. The maximum Gasteiger partial charge on any atom is 0.271 e. The molecule has 1 amide bonds. The van der Waals surface area contributed by atoms with Crippen LogP contribution < -0.4 is 17.0 Å². The Morgan fingerprint density at radius 1 is 1.00 bits per heavy atom. The fraction of sp³-hybridized carbons (Fsp3) is 0.125. The molecule has 4 aromatic heterocycles. The molecule has 0 unspecified atom stereocenters. The van der Waals surface area contributed by atoms with E-state index in [1.807, 2.05) is 62.5 Å². The second-order valence-corrected chi connectivity index (χ2v) is 10.2. The number of amides is 1. The summed E-state index contributed by atoms with van der Waals surface area (Å²) in [5.74, 6) is 5.71. The van der Waals surface area contributed by atoms with Gasteiger partial charge < -0.3 is 11.5 Å². The summed E-state index contributed by atoms with van der Waals surface area (Å²) in [6.07, 6.45) is 3.98. The molecular formula is C32H28N8O2S. The second-order valence-electron chi connectivity index (χ2n) is 9.48. The van der Waals surface area contributed by atoms with E-state index >= 15 is 0 Å². The van der Waals surface area contributed by atoms with Crippen molar-refractivity contribution in [3.63, 3.8) is 0 Å². The first-order valence-corrected chi connectivity index (χ1v) is 14.3. The number of hydrogen-bond acceptors (Lipinski definition) is 8. The lowest BCUT2D eigenvalue weighted by molar-refractivity contribution is 0.0996. The van der Waals surface area contributed by atoms with Gasteiger partial charge in [0.2, 0.25) is 0 Å². The molecular weight excluding hydrogens is 560 g/mol. The van der Waals surface area contributed by atoms with Crippen LogP contribution in [0.2, 0.25) is 0 Å². The van der Waals surface area contributed by atoms with Gasteiger partial charge in [-0.25, -0.2) is 15.0 Å². The number of nitrogen functional groups attached to an aromatic ring is 1. The van der Waals surface area contributed by atoms with Gasteiger partial charge in [0.05, 0.1) is 34.5 Å². The Morgan fingerprint density at radius 3 is 2.42 bits per heavy atom. The van der Waals surface area contributed by atoms with Gasteiger partial charge in [0.1, 0.15) is 11.4 Å². The number of thiazole rings is 1. The highest BCUT2D eigenvalue weighted by Gasteiger charge is 2.13. The monoisotopic (exact) mass is 588 g/mol. The smallest absolute Gasteiger partial charge is 0.271 e. The summed E-state index contributed by atoms with van der Waals surface area (Å²) in [6.45, 7) is 4.05. The number of aromatic nitrogens is 6. The van der Waals surface area contributed by atoms with Gasteiger partial charge in [0, 0.05) is 29.4 Å². The average Bonchev–Trinajstić information content (AvgIpc) is 3.67. The molecule has 0 spiro atoms. The molecule has 214 valence electrons. The van der Waals surface area contributed by atoms with Crippen molar-refractivity contribution >= 4 is 33.8 Å². The van der Waals surface area contributed by atoms with Gasteiger partial charge in [-0.3, -0.25) is 18.8 Å². The number of para-hydroxylation sites is 1. The number of hydrogen-bond donors (Lipinski definition) is 2. The molecule has 0 atom stereocenters. The zero-order valence-electron chi connectivity index (χ0n) is 23.8. The maximum atomic E-state index is 13.5. The number of anilines is 1. The van der Waals surface area contributed by atoms with Crippen LogP contribution in [0.5, 0.6) is 0 Å². The molecule has 0 aliphatic heterocycles. The minimum absolute atomic E-state index is 0.0273. The SMILES string of the molecule is CCc1cc2cccc(C#Cc3cnn(C)c3C)c2c(=O)n1-c1ccccc1.NC(=O)c1nc(-c2cscn2)cnc1N.